The maximum atomic E-state index is 13.4. The zero-order valence-corrected chi connectivity index (χ0v) is 13.7. The molecule has 1 aromatic carbocycles. The first-order valence-corrected chi connectivity index (χ1v) is 8.00. The highest BCUT2D eigenvalue weighted by molar-refractivity contribution is 5.66. The van der Waals surface area contributed by atoms with E-state index in [1.165, 1.54) is 17.0 Å². The van der Waals surface area contributed by atoms with Gasteiger partial charge in [0.25, 0.3) is 0 Å². The number of nitrogens with one attached hydrogen (secondary N) is 1. The molecule has 2 atom stereocenters. The van der Waals surface area contributed by atoms with Crippen molar-refractivity contribution >= 4 is 6.09 Å². The third kappa shape index (κ3) is 4.42. The standard InChI is InChI=1S/C17H25FN2O3/c1-12-10-14(18)4-5-15(12)16-13(6-8-20(16)17(21)22)11-19-7-3-9-23-2/h4-5,10,13,16,19H,3,6-9,11H2,1-2H3,(H,21,22). The highest BCUT2D eigenvalue weighted by Crippen LogP contribution is 2.38. The summed E-state index contributed by atoms with van der Waals surface area (Å²) in [5.41, 5.74) is 1.70. The smallest absolute Gasteiger partial charge is 0.407 e. The molecule has 6 heteroatoms. The van der Waals surface area contributed by atoms with Crippen molar-refractivity contribution in [1.82, 2.24) is 10.2 Å². The quantitative estimate of drug-likeness (QED) is 0.757. The van der Waals surface area contributed by atoms with Crippen molar-refractivity contribution in [1.29, 1.82) is 0 Å². The fraction of sp³-hybridized carbons (Fsp3) is 0.588. The molecule has 1 saturated heterocycles. The Balaban J connectivity index is 2.10. The highest BCUT2D eigenvalue weighted by Gasteiger charge is 2.38. The molecule has 0 radical (unpaired) electrons. The molecule has 2 rings (SSSR count). The third-order valence-corrected chi connectivity index (χ3v) is 4.43. The van der Waals surface area contributed by atoms with E-state index >= 15 is 0 Å². The van der Waals surface area contributed by atoms with Crippen LogP contribution >= 0.6 is 0 Å². The van der Waals surface area contributed by atoms with Crippen molar-refractivity contribution in [2.24, 2.45) is 5.92 Å². The number of carbonyl (C=O) groups is 1. The van der Waals surface area contributed by atoms with Crippen LogP contribution in [0.25, 0.3) is 0 Å². The van der Waals surface area contributed by atoms with E-state index in [0.29, 0.717) is 13.2 Å². The lowest BCUT2D eigenvalue weighted by molar-refractivity contribution is 0.134. The second kappa shape index (κ2) is 8.26. The third-order valence-electron chi connectivity index (χ3n) is 4.43. The van der Waals surface area contributed by atoms with Crippen LogP contribution in [0.1, 0.15) is 30.0 Å². The number of methoxy groups -OCH3 is 1. The fourth-order valence-corrected chi connectivity index (χ4v) is 3.31. The first kappa shape index (κ1) is 17.7. The zero-order valence-electron chi connectivity index (χ0n) is 13.7. The predicted molar refractivity (Wildman–Crippen MR) is 86.1 cm³/mol. The summed E-state index contributed by atoms with van der Waals surface area (Å²) in [6.45, 7) is 4.64. The van der Waals surface area contributed by atoms with E-state index in [4.69, 9.17) is 4.74 Å². The van der Waals surface area contributed by atoms with Crippen LogP contribution in [0, 0.1) is 18.7 Å². The van der Waals surface area contributed by atoms with Gasteiger partial charge in [0.2, 0.25) is 0 Å². The SMILES string of the molecule is COCCCNCC1CCN(C(=O)O)C1c1ccc(F)cc1C. The summed E-state index contributed by atoms with van der Waals surface area (Å²) >= 11 is 0. The number of aryl methyl sites for hydroxylation is 1. The summed E-state index contributed by atoms with van der Waals surface area (Å²) in [5.74, 6) is -0.0989. The summed E-state index contributed by atoms with van der Waals surface area (Å²) in [4.78, 5) is 13.0. The second-order valence-electron chi connectivity index (χ2n) is 6.02. The molecule has 1 fully saturated rings. The Morgan fingerprint density at radius 2 is 2.30 bits per heavy atom. The van der Waals surface area contributed by atoms with Gasteiger partial charge in [-0.25, -0.2) is 9.18 Å². The molecule has 1 amide bonds. The Morgan fingerprint density at radius 1 is 1.52 bits per heavy atom. The van der Waals surface area contributed by atoms with Crippen molar-refractivity contribution in [3.8, 4) is 0 Å². The number of ether oxygens (including phenoxy) is 1. The monoisotopic (exact) mass is 324 g/mol. The van der Waals surface area contributed by atoms with Crippen LogP contribution in [0.4, 0.5) is 9.18 Å². The number of carboxylic acid groups (broad SMARTS) is 1. The topological polar surface area (TPSA) is 61.8 Å². The van der Waals surface area contributed by atoms with Gasteiger partial charge in [-0.15, -0.1) is 0 Å². The van der Waals surface area contributed by atoms with Gasteiger partial charge in [0.05, 0.1) is 6.04 Å². The lowest BCUT2D eigenvalue weighted by Crippen LogP contribution is -2.34. The van der Waals surface area contributed by atoms with Crippen LogP contribution in [0.3, 0.4) is 0 Å². The first-order chi connectivity index (χ1) is 11.0. The van der Waals surface area contributed by atoms with E-state index in [9.17, 15) is 14.3 Å². The lowest BCUT2D eigenvalue weighted by atomic mass is 9.90. The Morgan fingerprint density at radius 3 is 2.96 bits per heavy atom. The van der Waals surface area contributed by atoms with Crippen LogP contribution < -0.4 is 5.32 Å². The maximum Gasteiger partial charge on any atom is 0.407 e. The number of benzene rings is 1. The van der Waals surface area contributed by atoms with Crippen molar-refractivity contribution in [3.05, 3.63) is 35.1 Å². The van der Waals surface area contributed by atoms with E-state index in [1.807, 2.05) is 6.92 Å². The van der Waals surface area contributed by atoms with Gasteiger partial charge in [0, 0.05) is 26.8 Å². The van der Waals surface area contributed by atoms with Crippen LogP contribution in [0.5, 0.6) is 0 Å². The van der Waals surface area contributed by atoms with Crippen molar-refractivity contribution < 1.29 is 19.0 Å². The molecule has 1 heterocycles. The van der Waals surface area contributed by atoms with Gasteiger partial charge in [0.15, 0.2) is 0 Å². The Labute approximate surface area is 136 Å². The van der Waals surface area contributed by atoms with E-state index < -0.39 is 6.09 Å². The molecule has 1 aliphatic rings. The minimum absolute atomic E-state index is 0.192. The van der Waals surface area contributed by atoms with Crippen LogP contribution in [0.2, 0.25) is 0 Å². The summed E-state index contributed by atoms with van der Waals surface area (Å²) in [6.07, 6.45) is 0.817. The largest absolute Gasteiger partial charge is 0.465 e. The molecular weight excluding hydrogens is 299 g/mol. The molecule has 0 saturated carbocycles. The van der Waals surface area contributed by atoms with Crippen molar-refractivity contribution in [2.45, 2.75) is 25.8 Å². The fourth-order valence-electron chi connectivity index (χ4n) is 3.31. The highest BCUT2D eigenvalue weighted by atomic mass is 19.1. The summed E-state index contributed by atoms with van der Waals surface area (Å²) in [6, 6.07) is 4.37. The van der Waals surface area contributed by atoms with E-state index in [1.54, 1.807) is 13.2 Å². The van der Waals surface area contributed by atoms with Gasteiger partial charge in [-0.2, -0.15) is 0 Å². The molecule has 0 bridgehead atoms. The van der Waals surface area contributed by atoms with Gasteiger partial charge < -0.3 is 20.1 Å². The predicted octanol–water partition coefficient (Wildman–Crippen LogP) is 2.80. The summed E-state index contributed by atoms with van der Waals surface area (Å²) in [7, 11) is 1.68. The van der Waals surface area contributed by atoms with Gasteiger partial charge in [0.1, 0.15) is 5.82 Å². The summed E-state index contributed by atoms with van der Waals surface area (Å²) in [5, 5.41) is 12.8. The number of halogens is 1. The lowest BCUT2D eigenvalue weighted by Gasteiger charge is -2.28. The molecule has 0 spiro atoms. The number of likely N-dealkylation sites (tertiary alicyclic amines) is 1. The van der Waals surface area contributed by atoms with E-state index in [0.717, 1.165) is 37.1 Å². The number of hydrogen-bond donors (Lipinski definition) is 2. The van der Waals surface area contributed by atoms with Gasteiger partial charge in [-0.3, -0.25) is 0 Å². The molecule has 23 heavy (non-hydrogen) atoms. The van der Waals surface area contributed by atoms with Crippen LogP contribution in [-0.4, -0.2) is 49.5 Å². The molecule has 0 aromatic heterocycles. The van der Waals surface area contributed by atoms with E-state index in [2.05, 4.69) is 5.32 Å². The Hall–Kier alpha value is -1.66. The molecule has 2 N–H and O–H groups in total. The zero-order chi connectivity index (χ0) is 16.8. The van der Waals surface area contributed by atoms with Crippen molar-refractivity contribution in [2.75, 3.05) is 33.4 Å². The molecule has 1 aliphatic heterocycles. The number of nitrogens with zero attached hydrogens (tertiary/aromatic N) is 1. The van der Waals surface area contributed by atoms with E-state index in [-0.39, 0.29) is 17.8 Å². The molecule has 2 unspecified atom stereocenters. The minimum Gasteiger partial charge on any atom is -0.465 e. The van der Waals surface area contributed by atoms with Gasteiger partial charge in [-0.1, -0.05) is 6.07 Å². The first-order valence-electron chi connectivity index (χ1n) is 8.00. The molecule has 128 valence electrons. The molecule has 5 nitrogen and oxygen atoms in total. The van der Waals surface area contributed by atoms with Crippen LogP contribution in [-0.2, 0) is 4.74 Å². The molecule has 1 aromatic rings. The van der Waals surface area contributed by atoms with Gasteiger partial charge >= 0.3 is 6.09 Å². The normalized spacial score (nSPS) is 20.9. The minimum atomic E-state index is -0.916. The summed E-state index contributed by atoms with van der Waals surface area (Å²) < 4.78 is 18.4. The number of amides is 1. The van der Waals surface area contributed by atoms with Crippen molar-refractivity contribution in [3.63, 3.8) is 0 Å². The second-order valence-corrected chi connectivity index (χ2v) is 6.02. The number of hydrogen-bond acceptors (Lipinski definition) is 3. The average Bonchev–Trinajstić information content (AvgIpc) is 2.91. The van der Waals surface area contributed by atoms with Crippen LogP contribution in [0.15, 0.2) is 18.2 Å². The molecule has 0 aliphatic carbocycles. The number of rotatable bonds is 7. The average molecular weight is 324 g/mol. The maximum absolute atomic E-state index is 13.4. The Bertz CT molecular complexity index is 539. The Kier molecular flexibility index (Phi) is 6.36. The van der Waals surface area contributed by atoms with Gasteiger partial charge in [-0.05, 0) is 55.5 Å². The molecular formula is C17H25FN2O3.